The summed E-state index contributed by atoms with van der Waals surface area (Å²) in [5.74, 6) is 2.23. The lowest BCUT2D eigenvalue weighted by atomic mass is 9.96. The fraction of sp³-hybridized carbons (Fsp3) is 0.433. The number of fused-ring (bicyclic) bond motifs is 1. The average Bonchev–Trinajstić information content (AvgIpc) is 2.91. The minimum atomic E-state index is -0.632. The molecule has 2 fully saturated rings. The highest BCUT2D eigenvalue weighted by Crippen LogP contribution is 2.30. The third-order valence-electron chi connectivity index (χ3n) is 7.15. The van der Waals surface area contributed by atoms with E-state index >= 15 is 0 Å². The number of unbranched alkanes of at least 4 members (excludes halogenated alkanes) is 1. The van der Waals surface area contributed by atoms with Crippen molar-refractivity contribution in [3.63, 3.8) is 0 Å². The van der Waals surface area contributed by atoms with Crippen LogP contribution in [0.2, 0.25) is 0 Å². The maximum Gasteiger partial charge on any atom is 0.334 e. The van der Waals surface area contributed by atoms with Crippen LogP contribution in [-0.2, 0) is 22.6 Å². The lowest BCUT2D eigenvalue weighted by Crippen LogP contribution is -2.77. The van der Waals surface area contributed by atoms with Gasteiger partial charge in [-0.2, -0.15) is 5.01 Å². The Morgan fingerprint density at radius 3 is 2.32 bits per heavy atom. The van der Waals surface area contributed by atoms with E-state index in [0.29, 0.717) is 13.1 Å². The number of hydrogen-bond acceptors (Lipinski definition) is 4. The number of nitrogens with zero attached hydrogens (tertiary/aromatic N) is 4. The van der Waals surface area contributed by atoms with Crippen molar-refractivity contribution in [1.82, 2.24) is 25.1 Å². The molecule has 200 valence electrons. The average molecular weight is 516 g/mol. The van der Waals surface area contributed by atoms with Gasteiger partial charge in [0.2, 0.25) is 11.8 Å². The van der Waals surface area contributed by atoms with Crippen molar-refractivity contribution in [2.75, 3.05) is 26.2 Å². The van der Waals surface area contributed by atoms with Gasteiger partial charge in [0.1, 0.15) is 12.2 Å². The van der Waals surface area contributed by atoms with Gasteiger partial charge in [0.15, 0.2) is 0 Å². The van der Waals surface area contributed by atoms with E-state index in [1.54, 1.807) is 14.9 Å². The van der Waals surface area contributed by atoms with Crippen molar-refractivity contribution in [2.45, 2.75) is 51.9 Å². The van der Waals surface area contributed by atoms with E-state index in [9.17, 15) is 14.4 Å². The van der Waals surface area contributed by atoms with Crippen molar-refractivity contribution >= 4 is 17.8 Å². The topological polar surface area (TPSA) is 76.2 Å². The smallest absolute Gasteiger partial charge is 0.334 e. The number of amides is 4. The number of urea groups is 1. The first-order valence-corrected chi connectivity index (χ1v) is 13.3. The van der Waals surface area contributed by atoms with Crippen LogP contribution in [0.1, 0.15) is 37.8 Å². The molecule has 0 bridgehead atoms. The number of terminal acetylenes is 1. The minimum absolute atomic E-state index is 0.0486. The van der Waals surface area contributed by atoms with Gasteiger partial charge in [-0.1, -0.05) is 80.4 Å². The number of hydrazine groups is 1. The van der Waals surface area contributed by atoms with Crippen molar-refractivity contribution in [3.8, 4) is 12.3 Å². The van der Waals surface area contributed by atoms with Gasteiger partial charge in [-0.25, -0.2) is 9.80 Å². The van der Waals surface area contributed by atoms with Gasteiger partial charge < -0.3 is 15.1 Å². The van der Waals surface area contributed by atoms with E-state index in [-0.39, 0.29) is 43.4 Å². The number of rotatable bonds is 9. The van der Waals surface area contributed by atoms with Crippen LogP contribution in [0.4, 0.5) is 4.79 Å². The second-order valence-electron chi connectivity index (χ2n) is 10.2. The van der Waals surface area contributed by atoms with Gasteiger partial charge in [0.05, 0.1) is 19.6 Å². The lowest BCUT2D eigenvalue weighted by Gasteiger charge is -2.55. The summed E-state index contributed by atoms with van der Waals surface area (Å²) in [6.07, 6.45) is 7.70. The van der Waals surface area contributed by atoms with E-state index in [0.717, 1.165) is 24.8 Å². The Morgan fingerprint density at radius 1 is 1.03 bits per heavy atom. The predicted molar refractivity (Wildman–Crippen MR) is 146 cm³/mol. The molecular formula is C30H37N5O3. The molecule has 2 saturated heterocycles. The lowest BCUT2D eigenvalue weighted by molar-refractivity contribution is -0.191. The van der Waals surface area contributed by atoms with Gasteiger partial charge in [-0.3, -0.25) is 9.59 Å². The maximum absolute atomic E-state index is 13.6. The van der Waals surface area contributed by atoms with E-state index in [2.05, 4.69) is 23.4 Å². The molecule has 8 heteroatoms. The quantitative estimate of drug-likeness (QED) is 0.411. The molecule has 2 aliphatic heterocycles. The second-order valence-corrected chi connectivity index (χ2v) is 10.2. The molecule has 0 aromatic heterocycles. The summed E-state index contributed by atoms with van der Waals surface area (Å²) in [6.45, 7) is 5.12. The molecular weight excluding hydrogens is 478 g/mol. The number of benzene rings is 2. The SMILES string of the molecule is C#CCN1CC(=O)N2[C@@H](C(C)C)C(=O)N(CCCCc3ccccc3)C[C@@H]2N1C(=O)NCc1ccccc1. The van der Waals surface area contributed by atoms with Gasteiger partial charge in [-0.15, -0.1) is 6.42 Å². The zero-order chi connectivity index (χ0) is 27.1. The number of carbonyl (C=O) groups excluding carboxylic acids is 3. The molecule has 0 unspecified atom stereocenters. The summed E-state index contributed by atoms with van der Waals surface area (Å²) in [5, 5.41) is 6.16. The van der Waals surface area contributed by atoms with Crippen LogP contribution >= 0.6 is 0 Å². The molecule has 1 N–H and O–H groups in total. The van der Waals surface area contributed by atoms with Crippen LogP contribution in [0, 0.1) is 18.3 Å². The Labute approximate surface area is 225 Å². The predicted octanol–water partition coefficient (Wildman–Crippen LogP) is 3.11. The first-order valence-electron chi connectivity index (χ1n) is 13.3. The first-order chi connectivity index (χ1) is 18.4. The van der Waals surface area contributed by atoms with Crippen molar-refractivity contribution < 1.29 is 14.4 Å². The van der Waals surface area contributed by atoms with Crippen molar-refractivity contribution in [3.05, 3.63) is 71.8 Å². The zero-order valence-corrected chi connectivity index (χ0v) is 22.3. The Kier molecular flexibility index (Phi) is 9.03. The number of hydrogen-bond donors (Lipinski definition) is 1. The summed E-state index contributed by atoms with van der Waals surface area (Å²) < 4.78 is 0. The van der Waals surface area contributed by atoms with Crippen LogP contribution in [0.25, 0.3) is 0 Å². The number of aryl methyl sites for hydroxylation is 1. The fourth-order valence-corrected chi connectivity index (χ4v) is 5.33. The van der Waals surface area contributed by atoms with Gasteiger partial charge in [0.25, 0.3) is 0 Å². The summed E-state index contributed by atoms with van der Waals surface area (Å²) in [6, 6.07) is 19.0. The summed E-state index contributed by atoms with van der Waals surface area (Å²) in [5.41, 5.74) is 2.24. The summed E-state index contributed by atoms with van der Waals surface area (Å²) in [4.78, 5) is 43.9. The molecule has 8 nitrogen and oxygen atoms in total. The molecule has 0 saturated carbocycles. The van der Waals surface area contributed by atoms with E-state index in [1.807, 2.05) is 67.3 Å². The molecule has 0 spiro atoms. The normalized spacial score (nSPS) is 19.9. The second kappa shape index (κ2) is 12.6. The molecule has 2 heterocycles. The monoisotopic (exact) mass is 515 g/mol. The van der Waals surface area contributed by atoms with E-state index < -0.39 is 12.2 Å². The zero-order valence-electron chi connectivity index (χ0n) is 22.3. The van der Waals surface area contributed by atoms with Crippen LogP contribution in [0.15, 0.2) is 60.7 Å². The highest BCUT2D eigenvalue weighted by atomic mass is 16.2. The van der Waals surface area contributed by atoms with Gasteiger partial charge >= 0.3 is 6.03 Å². The summed E-state index contributed by atoms with van der Waals surface area (Å²) in [7, 11) is 0. The van der Waals surface area contributed by atoms with E-state index in [4.69, 9.17) is 6.42 Å². The van der Waals surface area contributed by atoms with Crippen molar-refractivity contribution in [2.24, 2.45) is 5.92 Å². The van der Waals surface area contributed by atoms with Crippen LogP contribution in [0.3, 0.4) is 0 Å². The van der Waals surface area contributed by atoms with Crippen molar-refractivity contribution in [1.29, 1.82) is 0 Å². The third kappa shape index (κ3) is 6.17. The van der Waals surface area contributed by atoms with Gasteiger partial charge in [-0.05, 0) is 36.3 Å². The molecule has 38 heavy (non-hydrogen) atoms. The Morgan fingerprint density at radius 2 is 1.68 bits per heavy atom. The number of piperazine rings is 1. The largest absolute Gasteiger partial charge is 0.337 e. The standard InChI is InChI=1S/C30H37N5O3/c1-4-18-33-22-27(36)34-26(35(33)30(38)31-20-25-16-9-6-10-17-25)21-32(29(37)28(34)23(2)3)19-12-11-15-24-13-7-5-8-14-24/h1,5-10,13-14,16-17,23,26,28H,11-12,15,18-22H2,2-3H3,(H,31,38)/t26-,28-/m0/s1. The van der Waals surface area contributed by atoms with Gasteiger partial charge in [0, 0.05) is 13.1 Å². The van der Waals surface area contributed by atoms with E-state index in [1.165, 1.54) is 5.56 Å². The maximum atomic E-state index is 13.6. The van der Waals surface area contributed by atoms with Crippen LogP contribution in [0.5, 0.6) is 0 Å². The van der Waals surface area contributed by atoms with Crippen LogP contribution < -0.4 is 5.32 Å². The fourth-order valence-electron chi connectivity index (χ4n) is 5.33. The highest BCUT2D eigenvalue weighted by molar-refractivity contribution is 5.91. The number of nitrogens with one attached hydrogen (secondary N) is 1. The minimum Gasteiger partial charge on any atom is -0.337 e. The molecule has 2 aliphatic rings. The molecule has 4 amide bonds. The molecule has 2 atom stereocenters. The Balaban J connectivity index is 1.52. The first kappa shape index (κ1) is 27.2. The molecule has 0 aliphatic carbocycles. The van der Waals surface area contributed by atoms with Crippen LogP contribution in [-0.4, -0.2) is 76.0 Å². The highest BCUT2D eigenvalue weighted by Gasteiger charge is 2.51. The molecule has 2 aromatic carbocycles. The molecule has 4 rings (SSSR count). The molecule has 0 radical (unpaired) electrons. The molecule has 2 aromatic rings. The summed E-state index contributed by atoms with van der Waals surface area (Å²) >= 11 is 0. The number of carbonyl (C=O) groups is 3. The Bertz CT molecular complexity index is 1150. The third-order valence-corrected chi connectivity index (χ3v) is 7.15. The Hall–Kier alpha value is -3.83.